The number of carbonyl (C=O) groups is 2. The predicted molar refractivity (Wildman–Crippen MR) is 99.6 cm³/mol. The van der Waals surface area contributed by atoms with Crippen molar-refractivity contribution in [1.82, 2.24) is 4.90 Å². The van der Waals surface area contributed by atoms with Crippen molar-refractivity contribution in [3.63, 3.8) is 0 Å². The van der Waals surface area contributed by atoms with Crippen LogP contribution >= 0.6 is 0 Å². The molecule has 1 aliphatic heterocycles. The van der Waals surface area contributed by atoms with Gasteiger partial charge in [-0.25, -0.2) is 4.39 Å². The molecule has 6 heteroatoms. The molecule has 1 saturated heterocycles. The fourth-order valence-electron chi connectivity index (χ4n) is 3.09. The molecular formula is C20H22FN3O2. The summed E-state index contributed by atoms with van der Waals surface area (Å²) in [6.45, 7) is 4.13. The third kappa shape index (κ3) is 4.02. The number of piperazine rings is 1. The minimum absolute atomic E-state index is 0.272. The Bertz CT molecular complexity index is 784. The Balaban J connectivity index is 1.57. The van der Waals surface area contributed by atoms with Crippen molar-refractivity contribution in [3.05, 3.63) is 59.9 Å². The molecular weight excluding hydrogens is 333 g/mol. The number of amides is 2. The van der Waals surface area contributed by atoms with Gasteiger partial charge in [0, 0.05) is 37.6 Å². The second-order valence-corrected chi connectivity index (χ2v) is 6.22. The highest BCUT2D eigenvalue weighted by atomic mass is 19.1. The van der Waals surface area contributed by atoms with E-state index < -0.39 is 11.8 Å². The van der Waals surface area contributed by atoms with Gasteiger partial charge >= 0.3 is 11.8 Å². The zero-order valence-corrected chi connectivity index (χ0v) is 14.7. The van der Waals surface area contributed by atoms with Gasteiger partial charge in [-0.05, 0) is 42.3 Å². The first-order valence-corrected chi connectivity index (χ1v) is 8.77. The monoisotopic (exact) mass is 355 g/mol. The molecule has 5 nitrogen and oxygen atoms in total. The lowest BCUT2D eigenvalue weighted by Gasteiger charge is -2.35. The van der Waals surface area contributed by atoms with E-state index in [1.54, 1.807) is 23.1 Å². The molecule has 0 aliphatic carbocycles. The fourth-order valence-corrected chi connectivity index (χ4v) is 3.09. The summed E-state index contributed by atoms with van der Waals surface area (Å²) in [7, 11) is 0. The number of anilines is 2. The highest BCUT2D eigenvalue weighted by molar-refractivity contribution is 6.39. The van der Waals surface area contributed by atoms with Gasteiger partial charge in [0.2, 0.25) is 0 Å². The van der Waals surface area contributed by atoms with Crippen LogP contribution in [0.25, 0.3) is 0 Å². The summed E-state index contributed by atoms with van der Waals surface area (Å²) in [5, 5.41) is 2.72. The fraction of sp³-hybridized carbons (Fsp3) is 0.300. The van der Waals surface area contributed by atoms with E-state index >= 15 is 0 Å². The first-order valence-electron chi connectivity index (χ1n) is 8.77. The standard InChI is InChI=1S/C20H22FN3O2/c1-2-15-5-3-4-6-18(15)22-19(25)20(26)24-13-11-23(12-14-24)17-9-7-16(21)8-10-17/h3-10H,2,11-14H2,1H3,(H,22,25). The molecule has 1 aliphatic rings. The van der Waals surface area contributed by atoms with Crippen molar-refractivity contribution in [3.8, 4) is 0 Å². The number of aryl methyl sites for hydroxylation is 1. The quantitative estimate of drug-likeness (QED) is 0.862. The molecule has 0 atom stereocenters. The maximum atomic E-state index is 13.0. The van der Waals surface area contributed by atoms with E-state index in [4.69, 9.17) is 0 Å². The van der Waals surface area contributed by atoms with Gasteiger partial charge in [-0.2, -0.15) is 0 Å². The Labute approximate surface area is 152 Å². The number of nitrogens with one attached hydrogen (secondary N) is 1. The molecule has 0 spiro atoms. The summed E-state index contributed by atoms with van der Waals surface area (Å²) in [5.41, 5.74) is 2.59. The topological polar surface area (TPSA) is 52.7 Å². The third-order valence-electron chi connectivity index (χ3n) is 4.60. The van der Waals surface area contributed by atoms with Gasteiger partial charge in [0.1, 0.15) is 5.82 Å². The first-order chi connectivity index (χ1) is 12.6. The summed E-state index contributed by atoms with van der Waals surface area (Å²) in [4.78, 5) is 28.4. The molecule has 2 amide bonds. The summed E-state index contributed by atoms with van der Waals surface area (Å²) < 4.78 is 13.0. The van der Waals surface area contributed by atoms with Gasteiger partial charge in [-0.1, -0.05) is 25.1 Å². The van der Waals surface area contributed by atoms with E-state index in [-0.39, 0.29) is 5.82 Å². The van der Waals surface area contributed by atoms with Crippen LogP contribution in [0, 0.1) is 5.82 Å². The van der Waals surface area contributed by atoms with Crippen molar-refractivity contribution in [2.24, 2.45) is 0 Å². The van der Waals surface area contributed by atoms with Gasteiger partial charge in [0.15, 0.2) is 0 Å². The summed E-state index contributed by atoms with van der Waals surface area (Å²) in [6.07, 6.45) is 0.779. The number of hydrogen-bond donors (Lipinski definition) is 1. The number of para-hydroxylation sites is 1. The van der Waals surface area contributed by atoms with Gasteiger partial charge in [0.05, 0.1) is 0 Å². The van der Waals surface area contributed by atoms with Gasteiger partial charge < -0.3 is 15.1 Å². The van der Waals surface area contributed by atoms with E-state index in [1.165, 1.54) is 12.1 Å². The number of benzene rings is 2. The van der Waals surface area contributed by atoms with Crippen molar-refractivity contribution in [2.75, 3.05) is 36.4 Å². The lowest BCUT2D eigenvalue weighted by atomic mass is 10.1. The van der Waals surface area contributed by atoms with Crippen LogP contribution in [0.5, 0.6) is 0 Å². The van der Waals surface area contributed by atoms with Crippen molar-refractivity contribution in [1.29, 1.82) is 0 Å². The second-order valence-electron chi connectivity index (χ2n) is 6.22. The summed E-state index contributed by atoms with van der Waals surface area (Å²) >= 11 is 0. The van der Waals surface area contributed by atoms with E-state index in [9.17, 15) is 14.0 Å². The van der Waals surface area contributed by atoms with Crippen LogP contribution in [-0.2, 0) is 16.0 Å². The van der Waals surface area contributed by atoms with E-state index in [2.05, 4.69) is 10.2 Å². The van der Waals surface area contributed by atoms with Crippen LogP contribution in [0.4, 0.5) is 15.8 Å². The van der Waals surface area contributed by atoms with Gasteiger partial charge in [-0.15, -0.1) is 0 Å². The molecule has 136 valence electrons. The average Bonchev–Trinajstić information content (AvgIpc) is 2.68. The average molecular weight is 355 g/mol. The molecule has 1 heterocycles. The van der Waals surface area contributed by atoms with Crippen LogP contribution in [-0.4, -0.2) is 42.9 Å². The van der Waals surface area contributed by atoms with Crippen molar-refractivity contribution >= 4 is 23.2 Å². The molecule has 0 unspecified atom stereocenters. The third-order valence-corrected chi connectivity index (χ3v) is 4.60. The number of halogens is 1. The lowest BCUT2D eigenvalue weighted by Crippen LogP contribution is -2.51. The van der Waals surface area contributed by atoms with Crippen molar-refractivity contribution < 1.29 is 14.0 Å². The van der Waals surface area contributed by atoms with E-state index in [0.717, 1.165) is 17.7 Å². The molecule has 2 aromatic rings. The van der Waals surface area contributed by atoms with Crippen LogP contribution in [0.3, 0.4) is 0 Å². The number of carbonyl (C=O) groups excluding carboxylic acids is 2. The first kappa shape index (κ1) is 17.9. The molecule has 1 N–H and O–H groups in total. The Hall–Kier alpha value is -2.89. The Morgan fingerprint density at radius 1 is 1.00 bits per heavy atom. The maximum Gasteiger partial charge on any atom is 0.313 e. The highest BCUT2D eigenvalue weighted by Crippen LogP contribution is 2.18. The Morgan fingerprint density at radius 2 is 1.65 bits per heavy atom. The smallest absolute Gasteiger partial charge is 0.313 e. The summed E-state index contributed by atoms with van der Waals surface area (Å²) in [5.74, 6) is -1.40. The molecule has 0 bridgehead atoms. The van der Waals surface area contributed by atoms with Gasteiger partial charge in [0.25, 0.3) is 0 Å². The Morgan fingerprint density at radius 3 is 2.31 bits per heavy atom. The van der Waals surface area contributed by atoms with E-state index in [0.29, 0.717) is 31.9 Å². The van der Waals surface area contributed by atoms with Crippen LogP contribution in [0.2, 0.25) is 0 Å². The molecule has 0 aromatic heterocycles. The van der Waals surface area contributed by atoms with E-state index in [1.807, 2.05) is 25.1 Å². The zero-order chi connectivity index (χ0) is 18.5. The highest BCUT2D eigenvalue weighted by Gasteiger charge is 2.26. The lowest BCUT2D eigenvalue weighted by molar-refractivity contribution is -0.143. The van der Waals surface area contributed by atoms with Gasteiger partial charge in [-0.3, -0.25) is 9.59 Å². The molecule has 1 fully saturated rings. The number of hydrogen-bond acceptors (Lipinski definition) is 3. The number of rotatable bonds is 3. The minimum Gasteiger partial charge on any atom is -0.368 e. The SMILES string of the molecule is CCc1ccccc1NC(=O)C(=O)N1CCN(c2ccc(F)cc2)CC1. The summed E-state index contributed by atoms with van der Waals surface area (Å²) in [6, 6.07) is 13.8. The second kappa shape index (κ2) is 7.99. The predicted octanol–water partition coefficient (Wildman–Crippen LogP) is 2.68. The molecule has 2 aromatic carbocycles. The van der Waals surface area contributed by atoms with Crippen LogP contribution in [0.1, 0.15) is 12.5 Å². The largest absolute Gasteiger partial charge is 0.368 e. The van der Waals surface area contributed by atoms with Crippen molar-refractivity contribution in [2.45, 2.75) is 13.3 Å². The normalized spacial score (nSPS) is 14.2. The Kier molecular flexibility index (Phi) is 5.51. The minimum atomic E-state index is -0.610. The molecule has 0 saturated carbocycles. The van der Waals surface area contributed by atoms with Crippen LogP contribution in [0.15, 0.2) is 48.5 Å². The zero-order valence-electron chi connectivity index (χ0n) is 14.7. The van der Waals surface area contributed by atoms with Crippen LogP contribution < -0.4 is 10.2 Å². The molecule has 3 rings (SSSR count). The molecule has 26 heavy (non-hydrogen) atoms. The number of nitrogens with zero attached hydrogens (tertiary/aromatic N) is 2. The maximum absolute atomic E-state index is 13.0. The molecule has 0 radical (unpaired) electrons.